The lowest BCUT2D eigenvalue weighted by atomic mass is 10.2. The molecule has 1 saturated heterocycles. The zero-order valence-corrected chi connectivity index (χ0v) is 20.1. The second kappa shape index (κ2) is 10.4. The van der Waals surface area contributed by atoms with Crippen molar-refractivity contribution in [3.05, 3.63) is 30.2 Å². The largest absolute Gasteiger partial charge is 0.478 e. The summed E-state index contributed by atoms with van der Waals surface area (Å²) in [6.45, 7) is 6.12. The van der Waals surface area contributed by atoms with Crippen LogP contribution in [0.5, 0.6) is 5.88 Å². The van der Waals surface area contributed by atoms with E-state index in [1.54, 1.807) is 19.2 Å². The number of urea groups is 1. The fourth-order valence-electron chi connectivity index (χ4n) is 4.00. The summed E-state index contributed by atoms with van der Waals surface area (Å²) < 4.78 is 16.5. The summed E-state index contributed by atoms with van der Waals surface area (Å²) in [5.74, 6) is -0.808. The number of carboxylic acid groups (broad SMARTS) is 1. The number of hydrogen-bond acceptors (Lipinski definition) is 9. The minimum absolute atomic E-state index is 0.109. The number of nitrogens with zero attached hydrogens (tertiary/aromatic N) is 5. The molecular formula is C23H30N6O6. The maximum atomic E-state index is 13.2. The van der Waals surface area contributed by atoms with Gasteiger partial charge < -0.3 is 24.2 Å². The quantitative estimate of drug-likeness (QED) is 0.381. The molecule has 2 aromatic heterocycles. The highest BCUT2D eigenvalue weighted by Gasteiger charge is 2.40. The molecule has 0 radical (unpaired) electrons. The summed E-state index contributed by atoms with van der Waals surface area (Å²) >= 11 is 0. The number of aromatic carboxylic acids is 1. The predicted molar refractivity (Wildman–Crippen MR) is 127 cm³/mol. The third-order valence-corrected chi connectivity index (χ3v) is 6.00. The van der Waals surface area contributed by atoms with E-state index in [9.17, 15) is 14.7 Å². The molecule has 4 rings (SSSR count). The van der Waals surface area contributed by atoms with Gasteiger partial charge in [0, 0.05) is 26.3 Å². The van der Waals surface area contributed by atoms with Gasteiger partial charge in [-0.3, -0.25) is 10.2 Å². The molecule has 1 unspecified atom stereocenters. The number of amides is 2. The molecule has 2 bridgehead atoms. The van der Waals surface area contributed by atoms with Crippen molar-refractivity contribution >= 4 is 29.3 Å². The molecule has 188 valence electrons. The molecule has 2 aromatic rings. The van der Waals surface area contributed by atoms with Gasteiger partial charge in [0.15, 0.2) is 17.3 Å². The Morgan fingerprint density at radius 3 is 2.80 bits per heavy atom. The number of aromatic nitrogens is 3. The highest BCUT2D eigenvalue weighted by atomic mass is 16.7. The van der Waals surface area contributed by atoms with E-state index in [1.807, 2.05) is 13.8 Å². The molecule has 0 aromatic carbocycles. The van der Waals surface area contributed by atoms with E-state index in [2.05, 4.69) is 25.2 Å². The smallest absolute Gasteiger partial charge is 0.354 e. The van der Waals surface area contributed by atoms with Gasteiger partial charge in [-0.15, -0.1) is 0 Å². The molecular weight excluding hydrogens is 456 g/mol. The van der Waals surface area contributed by atoms with Crippen LogP contribution < -0.4 is 19.9 Å². The highest BCUT2D eigenvalue weighted by molar-refractivity contribution is 6.04. The van der Waals surface area contributed by atoms with Gasteiger partial charge in [0.1, 0.15) is 12.1 Å². The molecule has 1 fully saturated rings. The van der Waals surface area contributed by atoms with Crippen LogP contribution in [0.15, 0.2) is 24.5 Å². The van der Waals surface area contributed by atoms with Crippen molar-refractivity contribution in [2.45, 2.75) is 44.9 Å². The van der Waals surface area contributed by atoms with E-state index in [-0.39, 0.29) is 17.6 Å². The van der Waals surface area contributed by atoms with Crippen LogP contribution in [0, 0.1) is 0 Å². The van der Waals surface area contributed by atoms with Crippen molar-refractivity contribution in [2.24, 2.45) is 0 Å². The number of rotatable bonds is 10. The van der Waals surface area contributed by atoms with E-state index in [0.717, 1.165) is 31.5 Å². The van der Waals surface area contributed by atoms with Crippen molar-refractivity contribution < 1.29 is 28.9 Å². The number of unbranched alkanes of at least 4 members (excludes halogenated alkanes) is 1. The fraction of sp³-hybridized carbons (Fsp3) is 0.522. The fourth-order valence-corrected chi connectivity index (χ4v) is 4.00. The van der Waals surface area contributed by atoms with E-state index in [1.165, 1.54) is 17.3 Å². The monoisotopic (exact) mass is 486 g/mol. The normalized spacial score (nSPS) is 16.7. The lowest BCUT2D eigenvalue weighted by Crippen LogP contribution is -2.48. The SMILES string of the molecule is COC(C)(C)OCCCCOc1cc(NC(=O)N2c3nc(C(=O)O)ccc3N3CCC2C3)ncn1. The molecule has 2 aliphatic rings. The van der Waals surface area contributed by atoms with Crippen LogP contribution in [0.4, 0.5) is 22.1 Å². The molecule has 0 aliphatic carbocycles. The number of anilines is 3. The molecule has 2 amide bonds. The summed E-state index contributed by atoms with van der Waals surface area (Å²) in [6, 6.07) is 4.16. The highest BCUT2D eigenvalue weighted by Crippen LogP contribution is 2.39. The summed E-state index contributed by atoms with van der Waals surface area (Å²) in [4.78, 5) is 40.8. The van der Waals surface area contributed by atoms with Crippen molar-refractivity contribution in [3.63, 3.8) is 0 Å². The van der Waals surface area contributed by atoms with Crippen molar-refractivity contribution in [1.29, 1.82) is 0 Å². The van der Waals surface area contributed by atoms with Gasteiger partial charge in [-0.2, -0.15) is 0 Å². The first-order chi connectivity index (χ1) is 16.8. The number of carbonyl (C=O) groups is 2. The van der Waals surface area contributed by atoms with Gasteiger partial charge in [0.2, 0.25) is 5.88 Å². The third-order valence-electron chi connectivity index (χ3n) is 6.00. The first kappa shape index (κ1) is 24.6. The van der Waals surface area contributed by atoms with Crippen LogP contribution in [-0.4, -0.2) is 77.3 Å². The van der Waals surface area contributed by atoms with E-state index >= 15 is 0 Å². The van der Waals surface area contributed by atoms with Gasteiger partial charge >= 0.3 is 12.0 Å². The number of methoxy groups -OCH3 is 1. The topological polar surface area (TPSA) is 139 Å². The van der Waals surface area contributed by atoms with Gasteiger partial charge in [-0.1, -0.05) is 0 Å². The van der Waals surface area contributed by atoms with Crippen LogP contribution >= 0.6 is 0 Å². The predicted octanol–water partition coefficient (Wildman–Crippen LogP) is 2.76. The third kappa shape index (κ3) is 5.77. The summed E-state index contributed by atoms with van der Waals surface area (Å²) in [5.41, 5.74) is 0.626. The lowest BCUT2D eigenvalue weighted by Gasteiger charge is -2.35. The summed E-state index contributed by atoms with van der Waals surface area (Å²) in [7, 11) is 1.60. The van der Waals surface area contributed by atoms with Gasteiger partial charge in [-0.25, -0.2) is 24.5 Å². The van der Waals surface area contributed by atoms with Crippen LogP contribution in [0.3, 0.4) is 0 Å². The summed E-state index contributed by atoms with van der Waals surface area (Å²) in [5, 5.41) is 12.1. The zero-order valence-electron chi connectivity index (χ0n) is 20.1. The van der Waals surface area contributed by atoms with E-state index < -0.39 is 17.8 Å². The van der Waals surface area contributed by atoms with Crippen LogP contribution in [0.2, 0.25) is 0 Å². The Morgan fingerprint density at radius 2 is 2.03 bits per heavy atom. The lowest BCUT2D eigenvalue weighted by molar-refractivity contribution is -0.197. The van der Waals surface area contributed by atoms with Crippen LogP contribution in [0.25, 0.3) is 0 Å². The van der Waals surface area contributed by atoms with Crippen molar-refractivity contribution in [3.8, 4) is 5.88 Å². The second-order valence-electron chi connectivity index (χ2n) is 8.78. The number of fused-ring (bicyclic) bond motifs is 4. The van der Waals surface area contributed by atoms with Crippen molar-refractivity contribution in [2.75, 3.05) is 48.5 Å². The molecule has 4 heterocycles. The molecule has 12 heteroatoms. The molecule has 1 atom stereocenters. The number of carboxylic acids is 1. The first-order valence-electron chi connectivity index (χ1n) is 11.5. The van der Waals surface area contributed by atoms with Gasteiger partial charge in [0.25, 0.3) is 0 Å². The van der Waals surface area contributed by atoms with Gasteiger partial charge in [-0.05, 0) is 45.2 Å². The van der Waals surface area contributed by atoms with Crippen LogP contribution in [0.1, 0.15) is 43.6 Å². The Balaban J connectivity index is 1.36. The molecule has 0 saturated carbocycles. The Labute approximate surface area is 203 Å². The standard InChI is InChI=1S/C23H30N6O6/c1-23(2,33-3)35-11-5-4-10-34-19-12-18(24-14-25-19)27-22(32)29-15-8-9-28(13-15)17-7-6-16(21(30)31)26-20(17)29/h6-7,12,14-15H,4-5,8-11,13H2,1-3H3,(H,30,31)(H,24,25,27,32). The van der Waals surface area contributed by atoms with Crippen LogP contribution in [-0.2, 0) is 9.47 Å². The van der Waals surface area contributed by atoms with Gasteiger partial charge in [0.05, 0.1) is 24.9 Å². The molecule has 35 heavy (non-hydrogen) atoms. The molecule has 2 aliphatic heterocycles. The Morgan fingerprint density at radius 1 is 1.23 bits per heavy atom. The number of pyridine rings is 1. The molecule has 12 nitrogen and oxygen atoms in total. The molecule has 2 N–H and O–H groups in total. The van der Waals surface area contributed by atoms with Crippen molar-refractivity contribution in [1.82, 2.24) is 15.0 Å². The Bertz CT molecular complexity index is 1080. The zero-order chi connectivity index (χ0) is 25.0. The maximum Gasteiger partial charge on any atom is 0.354 e. The minimum atomic E-state index is -1.15. The number of nitrogens with one attached hydrogen (secondary N) is 1. The average molecular weight is 487 g/mol. The number of ether oxygens (including phenoxy) is 3. The average Bonchev–Trinajstić information content (AvgIpc) is 3.25. The second-order valence-corrected chi connectivity index (χ2v) is 8.78. The Hall–Kier alpha value is -3.51. The Kier molecular flexibility index (Phi) is 7.31. The van der Waals surface area contributed by atoms with E-state index in [0.29, 0.717) is 31.5 Å². The molecule has 0 spiro atoms. The maximum absolute atomic E-state index is 13.2. The number of hydrogen-bond donors (Lipinski definition) is 2. The van der Waals surface area contributed by atoms with E-state index in [4.69, 9.17) is 14.2 Å². The summed E-state index contributed by atoms with van der Waals surface area (Å²) in [6.07, 6.45) is 3.62. The first-order valence-corrected chi connectivity index (χ1v) is 11.5. The minimum Gasteiger partial charge on any atom is -0.478 e. The number of carbonyl (C=O) groups excluding carboxylic acids is 1.